The van der Waals surface area contributed by atoms with E-state index in [1.165, 1.54) is 22.7 Å². The van der Waals surface area contributed by atoms with Crippen LogP contribution in [0.2, 0.25) is 0 Å². The Balaban J connectivity index is 1.38. The van der Waals surface area contributed by atoms with Gasteiger partial charge in [-0.05, 0) is 35.7 Å². The van der Waals surface area contributed by atoms with Crippen molar-refractivity contribution in [1.82, 2.24) is 9.88 Å². The number of benzene rings is 1. The molecule has 3 aromatic rings. The third-order valence-electron chi connectivity index (χ3n) is 5.06. The average molecular weight is 462 g/mol. The first-order chi connectivity index (χ1) is 14.9. The molecule has 0 radical (unpaired) electrons. The predicted molar refractivity (Wildman–Crippen MR) is 121 cm³/mol. The maximum Gasteiger partial charge on any atom is 0.348 e. The van der Waals surface area contributed by atoms with E-state index in [0.29, 0.717) is 35.9 Å². The fourth-order valence-electron chi connectivity index (χ4n) is 3.40. The first-order valence-electron chi connectivity index (χ1n) is 9.66. The number of amides is 1. The molecule has 1 aliphatic heterocycles. The van der Waals surface area contributed by atoms with Crippen LogP contribution in [0.5, 0.6) is 11.5 Å². The molecule has 1 amide bonds. The topological polar surface area (TPSA) is 81.2 Å². The normalized spacial score (nSPS) is 13.1. The number of aromatic nitrogens is 1. The number of carbonyl (C=O) groups is 2. The van der Waals surface area contributed by atoms with E-state index in [0.717, 1.165) is 25.8 Å². The summed E-state index contributed by atoms with van der Waals surface area (Å²) >= 11 is 2.79. The summed E-state index contributed by atoms with van der Waals surface area (Å²) in [5.41, 5.74) is 2.13. The van der Waals surface area contributed by atoms with Crippen LogP contribution < -0.4 is 14.4 Å². The quantitative estimate of drug-likeness (QED) is 0.522. The Bertz CT molecular complexity index is 1110. The molecule has 10 heteroatoms. The van der Waals surface area contributed by atoms with E-state index in [1.54, 1.807) is 25.2 Å². The number of thiophene rings is 1. The summed E-state index contributed by atoms with van der Waals surface area (Å²) in [6.07, 6.45) is 0.705. The summed E-state index contributed by atoms with van der Waals surface area (Å²) in [6, 6.07) is 5.62. The van der Waals surface area contributed by atoms with Gasteiger partial charge in [0.05, 0.1) is 18.9 Å². The van der Waals surface area contributed by atoms with Crippen LogP contribution in [0, 0.1) is 0 Å². The van der Waals surface area contributed by atoms with E-state index in [9.17, 15) is 9.59 Å². The summed E-state index contributed by atoms with van der Waals surface area (Å²) in [6.45, 7) is 0.715. The Morgan fingerprint density at radius 1 is 1.10 bits per heavy atom. The summed E-state index contributed by atoms with van der Waals surface area (Å²) in [7, 11) is 7.04. The third-order valence-corrected chi connectivity index (χ3v) is 7.37. The van der Waals surface area contributed by atoms with E-state index >= 15 is 0 Å². The zero-order valence-corrected chi connectivity index (χ0v) is 19.4. The summed E-state index contributed by atoms with van der Waals surface area (Å²) < 4.78 is 16.9. The lowest BCUT2D eigenvalue weighted by Gasteiger charge is -2.29. The molecule has 0 N–H and O–H groups in total. The molecule has 1 aromatic carbocycles. The van der Waals surface area contributed by atoms with E-state index in [4.69, 9.17) is 14.2 Å². The minimum atomic E-state index is -0.501. The van der Waals surface area contributed by atoms with Gasteiger partial charge >= 0.3 is 5.97 Å². The summed E-state index contributed by atoms with van der Waals surface area (Å²) in [4.78, 5) is 34.4. The van der Waals surface area contributed by atoms with Crippen LogP contribution in [0.4, 0.5) is 5.13 Å². The Morgan fingerprint density at radius 2 is 1.81 bits per heavy atom. The van der Waals surface area contributed by atoms with Crippen LogP contribution in [0.3, 0.4) is 0 Å². The zero-order valence-electron chi connectivity index (χ0n) is 17.8. The number of anilines is 1. The number of fused-ring (bicyclic) bond motifs is 2. The van der Waals surface area contributed by atoms with Crippen molar-refractivity contribution >= 4 is 49.2 Å². The molecule has 2 aromatic heterocycles. The Labute approximate surface area is 187 Å². The number of thiazole rings is 1. The third kappa shape index (κ3) is 4.31. The van der Waals surface area contributed by atoms with Gasteiger partial charge in [-0.15, -0.1) is 11.3 Å². The molecular formula is C21H23N3O5S2. The fraction of sp³-hybridized carbons (Fsp3) is 0.381. The van der Waals surface area contributed by atoms with Crippen molar-refractivity contribution in [2.75, 3.05) is 46.4 Å². The van der Waals surface area contributed by atoms with Crippen LogP contribution in [0.15, 0.2) is 18.2 Å². The molecule has 164 valence electrons. The second kappa shape index (κ2) is 8.72. The first kappa shape index (κ1) is 21.4. The predicted octanol–water partition coefficient (Wildman–Crippen LogP) is 3.18. The molecule has 3 heterocycles. The SMILES string of the molecule is COc1cc2c(cc1OC)CN(C(=O)COC(=O)c1cc3sc(N(C)C)nc3s1)CC2. The average Bonchev–Trinajstić information content (AvgIpc) is 3.35. The van der Waals surface area contributed by atoms with Gasteiger partial charge in [-0.1, -0.05) is 11.3 Å². The van der Waals surface area contributed by atoms with E-state index in [2.05, 4.69) is 4.98 Å². The minimum Gasteiger partial charge on any atom is -0.493 e. The van der Waals surface area contributed by atoms with E-state index in [1.807, 2.05) is 31.1 Å². The maximum atomic E-state index is 12.6. The molecule has 0 unspecified atom stereocenters. The lowest BCUT2D eigenvalue weighted by Crippen LogP contribution is -2.38. The van der Waals surface area contributed by atoms with Crippen molar-refractivity contribution in [2.24, 2.45) is 0 Å². The smallest absolute Gasteiger partial charge is 0.348 e. The number of methoxy groups -OCH3 is 2. The molecule has 8 nitrogen and oxygen atoms in total. The first-order valence-corrected chi connectivity index (χ1v) is 11.3. The highest BCUT2D eigenvalue weighted by molar-refractivity contribution is 7.29. The molecule has 0 spiro atoms. The van der Waals surface area contributed by atoms with Crippen molar-refractivity contribution in [3.05, 3.63) is 34.2 Å². The van der Waals surface area contributed by atoms with Crippen LogP contribution in [-0.4, -0.2) is 63.2 Å². The number of ether oxygens (including phenoxy) is 3. The van der Waals surface area contributed by atoms with Gasteiger partial charge in [-0.3, -0.25) is 4.79 Å². The maximum absolute atomic E-state index is 12.6. The second-order valence-electron chi connectivity index (χ2n) is 7.29. The summed E-state index contributed by atoms with van der Waals surface area (Å²) in [5.74, 6) is 0.586. The molecule has 0 fully saturated rings. The summed E-state index contributed by atoms with van der Waals surface area (Å²) in [5, 5.41) is 0.885. The van der Waals surface area contributed by atoms with Gasteiger partial charge in [-0.25, -0.2) is 9.78 Å². The van der Waals surface area contributed by atoms with Crippen molar-refractivity contribution in [2.45, 2.75) is 13.0 Å². The molecule has 4 rings (SSSR count). The lowest BCUT2D eigenvalue weighted by atomic mass is 9.99. The van der Waals surface area contributed by atoms with Crippen LogP contribution in [0.25, 0.3) is 9.53 Å². The van der Waals surface area contributed by atoms with Gasteiger partial charge in [-0.2, -0.15) is 0 Å². The van der Waals surface area contributed by atoms with Crippen molar-refractivity contribution < 1.29 is 23.8 Å². The van der Waals surface area contributed by atoms with Gasteiger partial charge in [0.1, 0.15) is 9.71 Å². The van der Waals surface area contributed by atoms with Crippen molar-refractivity contribution in [3.63, 3.8) is 0 Å². The van der Waals surface area contributed by atoms with Gasteiger partial charge in [0.15, 0.2) is 23.2 Å². The second-order valence-corrected chi connectivity index (χ2v) is 9.33. The van der Waals surface area contributed by atoms with Gasteiger partial charge in [0, 0.05) is 27.2 Å². The molecule has 0 atom stereocenters. The van der Waals surface area contributed by atoms with Crippen molar-refractivity contribution in [1.29, 1.82) is 0 Å². The van der Waals surface area contributed by atoms with E-state index in [-0.39, 0.29) is 12.5 Å². The molecule has 0 saturated heterocycles. The largest absolute Gasteiger partial charge is 0.493 e. The van der Waals surface area contributed by atoms with Gasteiger partial charge < -0.3 is 24.0 Å². The lowest BCUT2D eigenvalue weighted by molar-refractivity contribution is -0.135. The number of hydrogen-bond donors (Lipinski definition) is 0. The Kier molecular flexibility index (Phi) is 6.01. The number of hydrogen-bond acceptors (Lipinski definition) is 9. The molecule has 0 aliphatic carbocycles. The highest BCUT2D eigenvalue weighted by Gasteiger charge is 2.24. The van der Waals surface area contributed by atoms with E-state index < -0.39 is 5.97 Å². The van der Waals surface area contributed by atoms with Gasteiger partial charge in [0.25, 0.3) is 5.91 Å². The number of nitrogens with zero attached hydrogens (tertiary/aromatic N) is 3. The number of esters is 1. The molecule has 0 bridgehead atoms. The molecule has 0 saturated carbocycles. The van der Waals surface area contributed by atoms with Crippen LogP contribution >= 0.6 is 22.7 Å². The fourth-order valence-corrected chi connectivity index (χ4v) is 5.43. The molecular weight excluding hydrogens is 438 g/mol. The number of rotatable bonds is 6. The molecule has 31 heavy (non-hydrogen) atoms. The minimum absolute atomic E-state index is 0.222. The van der Waals surface area contributed by atoms with Crippen LogP contribution in [-0.2, 0) is 22.5 Å². The monoisotopic (exact) mass is 461 g/mol. The van der Waals surface area contributed by atoms with Crippen LogP contribution in [0.1, 0.15) is 20.8 Å². The highest BCUT2D eigenvalue weighted by Crippen LogP contribution is 2.35. The number of carbonyl (C=O) groups excluding carboxylic acids is 2. The standard InChI is InChI=1S/C21H23N3O5S2/c1-23(2)21-22-19-16(31-21)9-17(30-19)20(26)29-11-18(25)24-6-5-12-7-14(27-3)15(28-4)8-13(12)10-24/h7-9H,5-6,10-11H2,1-4H3. The Morgan fingerprint density at radius 3 is 2.45 bits per heavy atom. The van der Waals surface area contributed by atoms with Gasteiger partial charge in [0.2, 0.25) is 0 Å². The zero-order chi connectivity index (χ0) is 22.1. The highest BCUT2D eigenvalue weighted by atomic mass is 32.1. The molecule has 1 aliphatic rings. The van der Waals surface area contributed by atoms with Crippen molar-refractivity contribution in [3.8, 4) is 11.5 Å². The Hall–Kier alpha value is -2.85.